The van der Waals surface area contributed by atoms with Gasteiger partial charge in [-0.2, -0.15) is 0 Å². The molecule has 0 unspecified atom stereocenters. The molecule has 7 heteroatoms. The topological polar surface area (TPSA) is 98.6 Å². The number of aromatic hydroxyl groups is 1. The van der Waals surface area contributed by atoms with Crippen LogP contribution in [0.5, 0.6) is 11.5 Å². The van der Waals surface area contributed by atoms with E-state index in [0.29, 0.717) is 11.3 Å². The highest BCUT2D eigenvalue weighted by molar-refractivity contribution is 7.99. The van der Waals surface area contributed by atoms with Crippen molar-refractivity contribution in [2.75, 3.05) is 19.4 Å². The smallest absolute Gasteiger partial charge is 0.220 e. The molecule has 2 aromatic rings. The van der Waals surface area contributed by atoms with Crippen LogP contribution in [-0.2, 0) is 0 Å². The molecule has 0 heterocycles. The number of benzene rings is 2. The van der Waals surface area contributed by atoms with Gasteiger partial charge in [0.2, 0.25) is 6.54 Å². The van der Waals surface area contributed by atoms with Gasteiger partial charge in [-0.15, -0.1) is 11.8 Å². The van der Waals surface area contributed by atoms with Crippen LogP contribution in [0.15, 0.2) is 47.4 Å². The van der Waals surface area contributed by atoms with Gasteiger partial charge in [0.1, 0.15) is 5.25 Å². The highest BCUT2D eigenvalue weighted by atomic mass is 32.2. The van der Waals surface area contributed by atoms with E-state index < -0.39 is 10.2 Å². The lowest BCUT2D eigenvalue weighted by atomic mass is 10.1. The number of phenols is 1. The molecule has 0 aliphatic carbocycles. The lowest BCUT2D eigenvalue weighted by molar-refractivity contribution is -0.479. The Labute approximate surface area is 132 Å². The van der Waals surface area contributed by atoms with Gasteiger partial charge in [-0.3, -0.25) is 10.1 Å². The number of phenolic OH excluding ortho intramolecular Hbond substituents is 1. The molecule has 0 amide bonds. The maximum absolute atomic E-state index is 11.0. The Balaban J connectivity index is 2.38. The van der Waals surface area contributed by atoms with E-state index in [1.54, 1.807) is 36.4 Å². The number of ether oxygens (including phenoxy) is 1. The zero-order chi connectivity index (χ0) is 16.1. The molecule has 0 spiro atoms. The van der Waals surface area contributed by atoms with Crippen molar-refractivity contribution in [3.05, 3.63) is 58.1 Å². The molecule has 116 valence electrons. The quantitative estimate of drug-likeness (QED) is 0.367. The molecule has 6 nitrogen and oxygen atoms in total. The van der Waals surface area contributed by atoms with Crippen molar-refractivity contribution in [2.24, 2.45) is 0 Å². The third kappa shape index (κ3) is 3.62. The zero-order valence-corrected chi connectivity index (χ0v) is 12.7. The van der Waals surface area contributed by atoms with Crippen LogP contribution >= 0.6 is 11.8 Å². The van der Waals surface area contributed by atoms with Crippen LogP contribution < -0.4 is 10.5 Å². The summed E-state index contributed by atoms with van der Waals surface area (Å²) in [6.45, 7) is -0.334. The van der Waals surface area contributed by atoms with Gasteiger partial charge in [0.05, 0.1) is 7.11 Å². The van der Waals surface area contributed by atoms with Gasteiger partial charge in [-0.25, -0.2) is 0 Å². The summed E-state index contributed by atoms with van der Waals surface area (Å²) in [7, 11) is 1.43. The van der Waals surface area contributed by atoms with Crippen molar-refractivity contribution in [1.29, 1.82) is 0 Å². The van der Waals surface area contributed by atoms with Gasteiger partial charge in [0, 0.05) is 21.1 Å². The predicted molar refractivity (Wildman–Crippen MR) is 86.0 cm³/mol. The second-order valence-electron chi connectivity index (χ2n) is 4.56. The van der Waals surface area contributed by atoms with Crippen LogP contribution in [0.3, 0.4) is 0 Å². The number of nitrogens with two attached hydrogens (primary N) is 1. The summed E-state index contributed by atoms with van der Waals surface area (Å²) in [5.74, 6) is 0.200. The van der Waals surface area contributed by atoms with Crippen LogP contribution in [-0.4, -0.2) is 23.7 Å². The van der Waals surface area contributed by atoms with Crippen molar-refractivity contribution >= 4 is 17.4 Å². The number of hydrogen-bond acceptors (Lipinski definition) is 6. The number of anilines is 1. The molecular formula is C15H16N2O4S. The first-order chi connectivity index (χ1) is 10.5. The molecule has 0 aliphatic heterocycles. The van der Waals surface area contributed by atoms with Crippen molar-refractivity contribution in [2.45, 2.75) is 10.1 Å². The Morgan fingerprint density at radius 1 is 1.32 bits per heavy atom. The lowest BCUT2D eigenvalue weighted by Crippen LogP contribution is -2.10. The van der Waals surface area contributed by atoms with Gasteiger partial charge in [-0.05, 0) is 18.2 Å². The number of nitrogens with zero attached hydrogens (tertiary/aromatic N) is 1. The molecule has 0 aliphatic rings. The van der Waals surface area contributed by atoms with Gasteiger partial charge in [0.15, 0.2) is 11.5 Å². The number of nitro groups is 1. The summed E-state index contributed by atoms with van der Waals surface area (Å²) in [6, 6.07) is 12.1. The van der Waals surface area contributed by atoms with E-state index in [-0.39, 0.29) is 18.0 Å². The van der Waals surface area contributed by atoms with Crippen LogP contribution in [0.4, 0.5) is 5.69 Å². The average Bonchev–Trinajstić information content (AvgIpc) is 2.48. The summed E-state index contributed by atoms with van der Waals surface area (Å²) in [5, 5.41) is 20.6. The Kier molecular flexibility index (Phi) is 5.11. The van der Waals surface area contributed by atoms with Crippen LogP contribution in [0.25, 0.3) is 0 Å². The van der Waals surface area contributed by atoms with Gasteiger partial charge in [-0.1, -0.05) is 24.3 Å². The van der Waals surface area contributed by atoms with E-state index in [9.17, 15) is 15.2 Å². The summed E-state index contributed by atoms with van der Waals surface area (Å²) in [6.07, 6.45) is 0. The molecule has 0 aromatic heterocycles. The third-order valence-corrected chi connectivity index (χ3v) is 4.41. The number of hydrogen-bond donors (Lipinski definition) is 2. The highest BCUT2D eigenvalue weighted by Gasteiger charge is 2.24. The van der Waals surface area contributed by atoms with E-state index >= 15 is 0 Å². The van der Waals surface area contributed by atoms with E-state index in [1.807, 2.05) is 6.07 Å². The molecular weight excluding hydrogens is 304 g/mol. The first kappa shape index (κ1) is 16.0. The summed E-state index contributed by atoms with van der Waals surface area (Å²) < 4.78 is 5.06. The van der Waals surface area contributed by atoms with Crippen molar-refractivity contribution in [1.82, 2.24) is 0 Å². The highest BCUT2D eigenvalue weighted by Crippen LogP contribution is 2.43. The van der Waals surface area contributed by atoms with E-state index in [1.165, 1.54) is 18.9 Å². The van der Waals surface area contributed by atoms with Crippen molar-refractivity contribution < 1.29 is 14.8 Å². The van der Waals surface area contributed by atoms with Crippen molar-refractivity contribution in [3.63, 3.8) is 0 Å². The lowest BCUT2D eigenvalue weighted by Gasteiger charge is -2.17. The molecule has 0 radical (unpaired) electrons. The van der Waals surface area contributed by atoms with E-state index in [0.717, 1.165) is 4.90 Å². The number of thioether (sulfide) groups is 1. The minimum atomic E-state index is -0.574. The van der Waals surface area contributed by atoms with Gasteiger partial charge < -0.3 is 15.6 Å². The van der Waals surface area contributed by atoms with Crippen LogP contribution in [0.2, 0.25) is 0 Å². The number of para-hydroxylation sites is 2. The zero-order valence-electron chi connectivity index (χ0n) is 11.9. The van der Waals surface area contributed by atoms with Crippen LogP contribution in [0.1, 0.15) is 10.8 Å². The maximum Gasteiger partial charge on any atom is 0.220 e. The second kappa shape index (κ2) is 7.04. The Bertz CT molecular complexity index is 678. The molecule has 2 aromatic carbocycles. The minimum Gasteiger partial charge on any atom is -0.504 e. The normalized spacial score (nSPS) is 11.9. The molecule has 22 heavy (non-hydrogen) atoms. The van der Waals surface area contributed by atoms with Crippen LogP contribution in [0, 0.1) is 10.1 Å². The number of rotatable bonds is 6. The molecule has 0 fully saturated rings. The minimum absolute atomic E-state index is 0.0844. The van der Waals surface area contributed by atoms with Crippen molar-refractivity contribution in [3.8, 4) is 11.5 Å². The standard InChI is InChI=1S/C15H16N2O4S/c1-21-12-7-4-5-10(15(12)18)14(9-17(19)20)22-13-8-3-2-6-11(13)16/h2-8,14,18H,9,16H2,1H3/t14-/m0/s1. The number of nitrogen functional groups attached to an aromatic ring is 1. The average molecular weight is 320 g/mol. The molecule has 2 rings (SSSR count). The SMILES string of the molecule is COc1cccc([C@H](C[N+](=O)[O-])Sc2ccccc2N)c1O. The molecule has 0 bridgehead atoms. The first-order valence-electron chi connectivity index (χ1n) is 6.51. The summed E-state index contributed by atoms with van der Waals surface area (Å²) >= 11 is 1.25. The van der Waals surface area contributed by atoms with E-state index in [4.69, 9.17) is 10.5 Å². The molecule has 3 N–H and O–H groups in total. The fourth-order valence-corrected chi connectivity index (χ4v) is 3.22. The van der Waals surface area contributed by atoms with Gasteiger partial charge in [0.25, 0.3) is 0 Å². The maximum atomic E-state index is 11.0. The fraction of sp³-hybridized carbons (Fsp3) is 0.200. The summed E-state index contributed by atoms with van der Waals surface area (Å²) in [4.78, 5) is 11.3. The first-order valence-corrected chi connectivity index (χ1v) is 7.39. The predicted octanol–water partition coefficient (Wildman–Crippen LogP) is 3.09. The Hall–Kier alpha value is -2.41. The summed E-state index contributed by atoms with van der Waals surface area (Å²) in [5.41, 5.74) is 6.89. The largest absolute Gasteiger partial charge is 0.504 e. The Morgan fingerprint density at radius 2 is 2.05 bits per heavy atom. The molecule has 0 saturated carbocycles. The monoisotopic (exact) mass is 320 g/mol. The second-order valence-corrected chi connectivity index (χ2v) is 5.80. The number of methoxy groups -OCH3 is 1. The Morgan fingerprint density at radius 3 is 2.68 bits per heavy atom. The third-order valence-electron chi connectivity index (χ3n) is 3.10. The van der Waals surface area contributed by atoms with E-state index in [2.05, 4.69) is 0 Å². The molecule has 1 atom stereocenters. The fourth-order valence-electron chi connectivity index (χ4n) is 2.04. The molecule has 0 saturated heterocycles. The van der Waals surface area contributed by atoms with Gasteiger partial charge >= 0.3 is 0 Å².